The Balaban J connectivity index is 1.36. The van der Waals surface area contributed by atoms with Gasteiger partial charge in [-0.05, 0) is 56.8 Å². The molecule has 1 aromatic rings. The Bertz CT molecular complexity index is 910. The number of hydrogen-bond donors (Lipinski definition) is 5. The van der Waals surface area contributed by atoms with Gasteiger partial charge < -0.3 is 44.6 Å². The Morgan fingerprint density at radius 2 is 1.97 bits per heavy atom. The van der Waals surface area contributed by atoms with E-state index in [0.29, 0.717) is 24.1 Å². The number of ether oxygens (including phenoxy) is 3. The lowest BCUT2D eigenvalue weighted by molar-refractivity contribution is -0.321. The lowest BCUT2D eigenvalue weighted by atomic mass is 9.51. The maximum absolute atomic E-state index is 10.6. The molecule has 1 aromatic carbocycles. The van der Waals surface area contributed by atoms with E-state index < -0.39 is 43.4 Å². The van der Waals surface area contributed by atoms with Crippen LogP contribution in [0.2, 0.25) is 0 Å². The lowest BCUT2D eigenvalue weighted by Gasteiger charge is -2.59. The summed E-state index contributed by atoms with van der Waals surface area (Å²) < 4.78 is 18.3. The predicted octanol–water partition coefficient (Wildman–Crippen LogP) is -0.754. The lowest BCUT2D eigenvalue weighted by Crippen LogP contribution is -2.67. The summed E-state index contributed by atoms with van der Waals surface area (Å²) in [4.78, 5) is 2.43. The number of piperidine rings is 1. The van der Waals surface area contributed by atoms with Crippen LogP contribution in [-0.4, -0.2) is 99.6 Å². The summed E-state index contributed by atoms with van der Waals surface area (Å²) in [5, 5.41) is 50.9. The molecule has 6 rings (SSSR count). The van der Waals surface area contributed by atoms with Crippen LogP contribution < -0.4 is 4.74 Å². The number of rotatable bonds is 3. The summed E-state index contributed by atoms with van der Waals surface area (Å²) in [6, 6.07) is 4.10. The molecule has 4 unspecified atom stereocenters. The van der Waals surface area contributed by atoms with E-state index in [0.717, 1.165) is 31.4 Å². The van der Waals surface area contributed by atoms with E-state index in [1.54, 1.807) is 6.07 Å². The number of likely N-dealkylation sites (N-methyl/N-ethyl adjacent to an activating group) is 1. The van der Waals surface area contributed by atoms with Crippen molar-refractivity contribution < 1.29 is 39.7 Å². The monoisotopic (exact) mass is 449 g/mol. The van der Waals surface area contributed by atoms with Crippen LogP contribution in [0.4, 0.5) is 0 Å². The zero-order chi connectivity index (χ0) is 22.4. The minimum Gasteiger partial charge on any atom is -0.504 e. The first-order valence-corrected chi connectivity index (χ1v) is 11.5. The molecule has 0 amide bonds. The fraction of sp³-hybridized carbons (Fsp3) is 0.739. The van der Waals surface area contributed by atoms with E-state index in [-0.39, 0.29) is 17.3 Å². The van der Waals surface area contributed by atoms with Crippen molar-refractivity contribution in [3.05, 3.63) is 23.3 Å². The second-order valence-corrected chi connectivity index (χ2v) is 10.1. The van der Waals surface area contributed by atoms with Crippen molar-refractivity contribution in [2.75, 3.05) is 20.2 Å². The van der Waals surface area contributed by atoms with Crippen LogP contribution in [0.15, 0.2) is 12.1 Å². The van der Waals surface area contributed by atoms with E-state index in [2.05, 4.69) is 11.9 Å². The van der Waals surface area contributed by atoms with Gasteiger partial charge in [0.1, 0.15) is 30.5 Å². The van der Waals surface area contributed by atoms with Crippen LogP contribution in [0.1, 0.15) is 30.4 Å². The minimum absolute atomic E-state index is 0.134. The van der Waals surface area contributed by atoms with Crippen molar-refractivity contribution >= 4 is 0 Å². The SMILES string of the molecule is CN1CC[C@]23c4c5ccc(O)c4OC2C(OC2O[C@H](CO)[C@@H](O)[C@H](O)[C@H]2O)CCC3[C@H]1C5. The quantitative estimate of drug-likeness (QED) is 0.404. The Morgan fingerprint density at radius 1 is 1.16 bits per heavy atom. The molecule has 1 saturated carbocycles. The second kappa shape index (κ2) is 7.27. The summed E-state index contributed by atoms with van der Waals surface area (Å²) >= 11 is 0. The molecule has 5 N–H and O–H groups in total. The highest BCUT2D eigenvalue weighted by Gasteiger charge is 2.66. The zero-order valence-electron chi connectivity index (χ0n) is 18.0. The molecule has 9 nitrogen and oxygen atoms in total. The normalized spacial score (nSPS) is 47.1. The summed E-state index contributed by atoms with van der Waals surface area (Å²) in [6.45, 7) is 0.417. The first kappa shape index (κ1) is 21.1. The Labute approximate surface area is 186 Å². The number of hydrogen-bond acceptors (Lipinski definition) is 9. The van der Waals surface area contributed by atoms with Gasteiger partial charge in [0.2, 0.25) is 0 Å². The maximum Gasteiger partial charge on any atom is 0.187 e. The highest BCUT2D eigenvalue weighted by atomic mass is 16.7. The van der Waals surface area contributed by atoms with Crippen LogP contribution >= 0.6 is 0 Å². The van der Waals surface area contributed by atoms with Gasteiger partial charge in [0.15, 0.2) is 17.8 Å². The van der Waals surface area contributed by atoms with Crippen LogP contribution in [0.25, 0.3) is 0 Å². The molecule has 3 aliphatic heterocycles. The van der Waals surface area contributed by atoms with Crippen LogP contribution in [-0.2, 0) is 21.3 Å². The number of benzene rings is 1. The summed E-state index contributed by atoms with van der Waals surface area (Å²) in [5.74, 6) is 1.05. The van der Waals surface area contributed by atoms with Crippen LogP contribution in [0.5, 0.6) is 11.5 Å². The molecule has 10 atom stereocenters. The molecule has 3 heterocycles. The fourth-order valence-corrected chi connectivity index (χ4v) is 7.18. The highest BCUT2D eigenvalue weighted by Crippen LogP contribution is 2.64. The summed E-state index contributed by atoms with van der Waals surface area (Å²) in [7, 11) is 2.17. The molecular formula is C23H31NO8. The first-order chi connectivity index (χ1) is 15.4. The van der Waals surface area contributed by atoms with E-state index in [9.17, 15) is 25.5 Å². The second-order valence-electron chi connectivity index (χ2n) is 10.1. The summed E-state index contributed by atoms with van der Waals surface area (Å²) in [6.07, 6.45) is -3.97. The van der Waals surface area contributed by atoms with Crippen LogP contribution in [0.3, 0.4) is 0 Å². The number of likely N-dealkylation sites (tertiary alicyclic amines) is 1. The largest absolute Gasteiger partial charge is 0.504 e. The number of phenols is 1. The molecule has 3 fully saturated rings. The van der Waals surface area contributed by atoms with E-state index in [1.807, 2.05) is 6.07 Å². The molecule has 0 aromatic heterocycles. The average molecular weight is 450 g/mol. The molecule has 2 saturated heterocycles. The number of nitrogens with zero attached hydrogens (tertiary/aromatic N) is 1. The van der Waals surface area contributed by atoms with Crippen molar-refractivity contribution in [3.8, 4) is 11.5 Å². The average Bonchev–Trinajstić information content (AvgIpc) is 3.14. The highest BCUT2D eigenvalue weighted by molar-refractivity contribution is 5.60. The molecule has 176 valence electrons. The standard InChI is InChI=1S/C23H31NO8/c1-24-7-6-23-11-3-5-14(30-22-19(29)18(28)17(27)15(9-25)31-22)21(23)32-20-13(26)4-2-10(16(20)23)8-12(11)24/h2,4,11-12,14-15,17-19,21-22,25-29H,3,5-9H2,1H3/t11?,12-,14?,15-,17-,18+,19-,21?,22?,23+/m1/s1. The van der Waals surface area contributed by atoms with Gasteiger partial charge in [-0.1, -0.05) is 6.07 Å². The number of phenolic OH excluding ortho intramolecular Hbond substituents is 1. The Hall–Kier alpha value is -1.46. The van der Waals surface area contributed by atoms with Gasteiger partial charge in [0.05, 0.1) is 12.7 Å². The molecule has 2 aliphatic carbocycles. The molecule has 5 aliphatic rings. The fourth-order valence-electron chi connectivity index (χ4n) is 7.18. The van der Waals surface area contributed by atoms with Crippen molar-refractivity contribution in [3.63, 3.8) is 0 Å². The van der Waals surface area contributed by atoms with Crippen LogP contribution in [0, 0.1) is 5.92 Å². The van der Waals surface area contributed by atoms with Gasteiger partial charge >= 0.3 is 0 Å². The summed E-state index contributed by atoms with van der Waals surface area (Å²) in [5.41, 5.74) is 2.04. The van der Waals surface area contributed by atoms with Crippen molar-refractivity contribution in [2.24, 2.45) is 5.92 Å². The molecule has 0 radical (unpaired) electrons. The minimum atomic E-state index is -1.49. The molecule has 32 heavy (non-hydrogen) atoms. The Kier molecular flexibility index (Phi) is 4.79. The van der Waals surface area contributed by atoms with Gasteiger partial charge in [0, 0.05) is 17.0 Å². The zero-order valence-corrected chi connectivity index (χ0v) is 18.0. The van der Waals surface area contributed by atoms with Gasteiger partial charge in [-0.15, -0.1) is 0 Å². The third-order valence-electron chi connectivity index (χ3n) is 8.70. The Morgan fingerprint density at radius 3 is 2.75 bits per heavy atom. The third kappa shape index (κ3) is 2.64. The van der Waals surface area contributed by atoms with E-state index in [4.69, 9.17) is 14.2 Å². The van der Waals surface area contributed by atoms with Crippen molar-refractivity contribution in [1.29, 1.82) is 0 Å². The topological polar surface area (TPSA) is 132 Å². The molecule has 9 heteroatoms. The first-order valence-electron chi connectivity index (χ1n) is 11.5. The van der Waals surface area contributed by atoms with E-state index >= 15 is 0 Å². The number of aromatic hydroxyl groups is 1. The molecule has 2 bridgehead atoms. The van der Waals surface area contributed by atoms with E-state index in [1.165, 1.54) is 5.56 Å². The van der Waals surface area contributed by atoms with Gasteiger partial charge in [0.25, 0.3) is 0 Å². The number of aliphatic hydroxyl groups is 4. The van der Waals surface area contributed by atoms with Crippen molar-refractivity contribution in [2.45, 2.75) is 80.1 Å². The molecule has 1 spiro atoms. The third-order valence-corrected chi connectivity index (χ3v) is 8.70. The van der Waals surface area contributed by atoms with Gasteiger partial charge in [-0.3, -0.25) is 0 Å². The molecular weight excluding hydrogens is 418 g/mol. The smallest absolute Gasteiger partial charge is 0.187 e. The maximum atomic E-state index is 10.6. The van der Waals surface area contributed by atoms with Gasteiger partial charge in [-0.25, -0.2) is 0 Å². The number of aliphatic hydroxyl groups excluding tert-OH is 4. The van der Waals surface area contributed by atoms with Crippen molar-refractivity contribution in [1.82, 2.24) is 4.90 Å². The van der Waals surface area contributed by atoms with Gasteiger partial charge in [-0.2, -0.15) is 0 Å². The predicted molar refractivity (Wildman–Crippen MR) is 110 cm³/mol.